The lowest BCUT2D eigenvalue weighted by Gasteiger charge is -2.25. The second-order valence-electron chi connectivity index (χ2n) is 5.19. The number of methoxy groups -OCH3 is 1. The molecule has 0 spiro atoms. The van der Waals surface area contributed by atoms with Gasteiger partial charge in [-0.3, -0.25) is 4.79 Å². The van der Waals surface area contributed by atoms with Crippen molar-refractivity contribution in [1.29, 1.82) is 0 Å². The maximum absolute atomic E-state index is 12.2. The minimum Gasteiger partial charge on any atom is -0.382 e. The number of carbonyl (C=O) groups excluding carboxylic acids is 1. The molecule has 1 amide bonds. The molecule has 0 saturated heterocycles. The third-order valence-electron chi connectivity index (χ3n) is 2.68. The van der Waals surface area contributed by atoms with E-state index < -0.39 is 14.6 Å². The van der Waals surface area contributed by atoms with Crippen LogP contribution in [0.5, 0.6) is 0 Å². The Hall–Kier alpha value is -1.11. The van der Waals surface area contributed by atoms with Gasteiger partial charge in [0.1, 0.15) is 0 Å². The van der Waals surface area contributed by atoms with Gasteiger partial charge in [-0.2, -0.15) is 0 Å². The van der Waals surface area contributed by atoms with E-state index in [2.05, 4.69) is 5.32 Å². The molecule has 0 aliphatic heterocycles. The van der Waals surface area contributed by atoms with Gasteiger partial charge in [-0.05, 0) is 44.5 Å². The first-order chi connectivity index (χ1) is 9.07. The first kappa shape index (κ1) is 16.9. The quantitative estimate of drug-likeness (QED) is 0.843. The normalized spacial score (nSPS) is 12.2. The van der Waals surface area contributed by atoms with E-state index in [4.69, 9.17) is 15.4 Å². The number of ether oxygens (including phenoxy) is 1. The van der Waals surface area contributed by atoms with E-state index in [0.29, 0.717) is 17.7 Å². The monoisotopic (exact) mass is 319 g/mol. The molecule has 7 heteroatoms. The topological polar surface area (TPSA) is 72.5 Å². The van der Waals surface area contributed by atoms with Gasteiger partial charge >= 0.3 is 0 Å². The molecule has 1 aromatic carbocycles. The van der Waals surface area contributed by atoms with Crippen molar-refractivity contribution < 1.29 is 17.9 Å². The molecule has 0 aliphatic carbocycles. The fraction of sp³-hybridized carbons (Fsp3) is 0.462. The lowest BCUT2D eigenvalue weighted by molar-refractivity contribution is 0.0819. The molecule has 1 aromatic rings. The highest BCUT2D eigenvalue weighted by atomic mass is 35.7. The molecule has 0 radical (unpaired) electrons. The molecule has 0 unspecified atom stereocenters. The van der Waals surface area contributed by atoms with Crippen LogP contribution in [-0.2, 0) is 13.8 Å². The van der Waals surface area contributed by atoms with Gasteiger partial charge in [-0.25, -0.2) is 8.42 Å². The summed E-state index contributed by atoms with van der Waals surface area (Å²) in [6.45, 7) is 5.69. The Morgan fingerprint density at radius 3 is 2.45 bits per heavy atom. The smallest absolute Gasteiger partial charge is 0.261 e. The summed E-state index contributed by atoms with van der Waals surface area (Å²) >= 11 is 0. The highest BCUT2D eigenvalue weighted by Crippen LogP contribution is 2.19. The zero-order chi connectivity index (χ0) is 15.6. The third-order valence-corrected chi connectivity index (χ3v) is 4.03. The number of hydrogen-bond acceptors (Lipinski definition) is 4. The lowest BCUT2D eigenvalue weighted by atomic mass is 10.0. The SMILES string of the molecule is COCC(C)(C)NC(=O)c1ccc(S(=O)(=O)Cl)cc1C. The number of hydrogen-bond donors (Lipinski definition) is 1. The lowest BCUT2D eigenvalue weighted by Crippen LogP contribution is -2.46. The molecule has 0 aliphatic rings. The van der Waals surface area contributed by atoms with Crippen molar-refractivity contribution in [3.8, 4) is 0 Å². The van der Waals surface area contributed by atoms with Crippen molar-refractivity contribution in [2.75, 3.05) is 13.7 Å². The van der Waals surface area contributed by atoms with Gasteiger partial charge in [0, 0.05) is 23.4 Å². The number of nitrogens with one attached hydrogen (secondary N) is 1. The summed E-state index contributed by atoms with van der Waals surface area (Å²) in [4.78, 5) is 12.1. The number of benzene rings is 1. The van der Waals surface area contributed by atoms with E-state index in [9.17, 15) is 13.2 Å². The van der Waals surface area contributed by atoms with Crippen LogP contribution in [-0.4, -0.2) is 33.6 Å². The predicted octanol–water partition coefficient (Wildman–Crippen LogP) is 2.08. The Morgan fingerprint density at radius 1 is 1.40 bits per heavy atom. The second-order valence-corrected chi connectivity index (χ2v) is 7.75. The number of rotatable bonds is 5. The van der Waals surface area contributed by atoms with Crippen LogP contribution in [0.2, 0.25) is 0 Å². The molecular weight excluding hydrogens is 302 g/mol. The average molecular weight is 320 g/mol. The van der Waals surface area contributed by atoms with Crippen LogP contribution in [0, 0.1) is 6.92 Å². The second kappa shape index (κ2) is 6.11. The van der Waals surface area contributed by atoms with Gasteiger partial charge < -0.3 is 10.1 Å². The molecule has 112 valence electrons. The van der Waals surface area contributed by atoms with Crippen molar-refractivity contribution in [3.05, 3.63) is 29.3 Å². The summed E-state index contributed by atoms with van der Waals surface area (Å²) in [6, 6.07) is 4.14. The van der Waals surface area contributed by atoms with Crippen molar-refractivity contribution in [3.63, 3.8) is 0 Å². The highest BCUT2D eigenvalue weighted by Gasteiger charge is 2.22. The number of aryl methyl sites for hydroxylation is 1. The summed E-state index contributed by atoms with van der Waals surface area (Å²) in [7, 11) is 3.03. The third kappa shape index (κ3) is 4.47. The zero-order valence-electron chi connectivity index (χ0n) is 11.9. The van der Waals surface area contributed by atoms with Crippen molar-refractivity contribution >= 4 is 25.6 Å². The molecule has 20 heavy (non-hydrogen) atoms. The van der Waals surface area contributed by atoms with Crippen LogP contribution >= 0.6 is 10.7 Å². The minimum atomic E-state index is -3.79. The first-order valence-corrected chi connectivity index (χ1v) is 8.24. The fourth-order valence-corrected chi connectivity index (χ4v) is 2.65. The number of carbonyl (C=O) groups is 1. The minimum absolute atomic E-state index is 0.0237. The summed E-state index contributed by atoms with van der Waals surface area (Å²) in [5.41, 5.74) is 0.422. The summed E-state index contributed by atoms with van der Waals surface area (Å²) < 4.78 is 27.5. The predicted molar refractivity (Wildman–Crippen MR) is 77.6 cm³/mol. The fourth-order valence-electron chi connectivity index (χ4n) is 1.81. The molecule has 0 saturated carbocycles. The van der Waals surface area contributed by atoms with Gasteiger partial charge in [-0.15, -0.1) is 0 Å². The molecule has 0 aromatic heterocycles. The average Bonchev–Trinajstić information content (AvgIpc) is 2.26. The molecule has 0 bridgehead atoms. The standard InChI is InChI=1S/C13H18ClNO4S/c1-9-7-10(20(14,17)18)5-6-11(9)12(16)15-13(2,3)8-19-4/h5-7H,8H2,1-4H3,(H,15,16). The van der Waals surface area contributed by atoms with Crippen molar-refractivity contribution in [1.82, 2.24) is 5.32 Å². The van der Waals surface area contributed by atoms with Crippen LogP contribution < -0.4 is 5.32 Å². The molecule has 0 heterocycles. The molecule has 1 N–H and O–H groups in total. The highest BCUT2D eigenvalue weighted by molar-refractivity contribution is 8.13. The Bertz CT molecular complexity index is 611. The van der Waals surface area contributed by atoms with Gasteiger partial charge in [0.2, 0.25) is 0 Å². The van der Waals surface area contributed by atoms with Gasteiger partial charge in [0.25, 0.3) is 15.0 Å². The Morgan fingerprint density at radius 2 is 2.00 bits per heavy atom. The van der Waals surface area contributed by atoms with Crippen molar-refractivity contribution in [2.45, 2.75) is 31.2 Å². The van der Waals surface area contributed by atoms with Crippen LogP contribution in [0.1, 0.15) is 29.8 Å². The van der Waals surface area contributed by atoms with Crippen LogP contribution in [0.15, 0.2) is 23.1 Å². The van der Waals surface area contributed by atoms with E-state index in [-0.39, 0.29) is 10.8 Å². The van der Waals surface area contributed by atoms with Crippen molar-refractivity contribution in [2.24, 2.45) is 0 Å². The Kier molecular flexibility index (Phi) is 5.18. The van der Waals surface area contributed by atoms with Gasteiger partial charge in [0.15, 0.2) is 0 Å². The van der Waals surface area contributed by atoms with E-state index in [1.165, 1.54) is 18.2 Å². The maximum atomic E-state index is 12.2. The van der Waals surface area contributed by atoms with E-state index >= 15 is 0 Å². The molecular formula is C13H18ClNO4S. The van der Waals surface area contributed by atoms with Crippen LogP contribution in [0.4, 0.5) is 0 Å². The van der Waals surface area contributed by atoms with Gasteiger partial charge in [-0.1, -0.05) is 0 Å². The van der Waals surface area contributed by atoms with E-state index in [0.717, 1.165) is 0 Å². The van der Waals surface area contributed by atoms with Crippen LogP contribution in [0.25, 0.3) is 0 Å². The zero-order valence-corrected chi connectivity index (χ0v) is 13.4. The summed E-state index contributed by atoms with van der Waals surface area (Å²) in [5, 5.41) is 2.83. The van der Waals surface area contributed by atoms with Crippen LogP contribution in [0.3, 0.4) is 0 Å². The number of amides is 1. The first-order valence-electron chi connectivity index (χ1n) is 5.93. The maximum Gasteiger partial charge on any atom is 0.261 e. The molecule has 0 atom stereocenters. The summed E-state index contributed by atoms with van der Waals surface area (Å²) in [5.74, 6) is -0.289. The Balaban J connectivity index is 3.01. The van der Waals surface area contributed by atoms with E-state index in [1.807, 2.05) is 13.8 Å². The number of halogens is 1. The Labute approximate surface area is 123 Å². The van der Waals surface area contributed by atoms with Gasteiger partial charge in [0.05, 0.1) is 17.0 Å². The summed E-state index contributed by atoms with van der Waals surface area (Å²) in [6.07, 6.45) is 0. The molecule has 0 fully saturated rings. The molecule has 5 nitrogen and oxygen atoms in total. The molecule has 1 rings (SSSR count). The van der Waals surface area contributed by atoms with E-state index in [1.54, 1.807) is 14.0 Å². The largest absolute Gasteiger partial charge is 0.382 e.